The van der Waals surface area contributed by atoms with E-state index < -0.39 is 12.1 Å². The maximum atomic E-state index is 11.6. The van der Waals surface area contributed by atoms with Gasteiger partial charge in [0, 0.05) is 19.7 Å². The van der Waals surface area contributed by atoms with E-state index in [9.17, 15) is 14.4 Å². The van der Waals surface area contributed by atoms with Crippen LogP contribution >= 0.6 is 0 Å². The van der Waals surface area contributed by atoms with Gasteiger partial charge in [0.05, 0.1) is 7.11 Å². The Balaban J connectivity index is 2.68. The van der Waals surface area contributed by atoms with Crippen LogP contribution in [-0.4, -0.2) is 44.0 Å². The van der Waals surface area contributed by atoms with Crippen LogP contribution in [0.25, 0.3) is 0 Å². The minimum atomic E-state index is -0.590. The van der Waals surface area contributed by atoms with Gasteiger partial charge in [0.1, 0.15) is 12.2 Å². The Morgan fingerprint density at radius 3 is 2.16 bits per heavy atom. The molecule has 1 rings (SSSR count). The molecular weight excluding hydrogens is 250 g/mol. The van der Waals surface area contributed by atoms with E-state index in [-0.39, 0.29) is 12.2 Å². The van der Waals surface area contributed by atoms with Gasteiger partial charge in [0.2, 0.25) is 0 Å². The standard InChI is InChI=1S/C13H15NO5/c1-14(2)13(17)19-10-6-4-9(5-7-10)11(15)8-12(16)18-3/h4-7H,8H2,1-3H3. The lowest BCUT2D eigenvalue weighted by molar-refractivity contribution is -0.139. The molecule has 0 spiro atoms. The van der Waals surface area contributed by atoms with Crippen molar-refractivity contribution in [2.75, 3.05) is 21.2 Å². The summed E-state index contributed by atoms with van der Waals surface area (Å²) in [5.41, 5.74) is 0.357. The number of ketones is 1. The molecule has 6 heteroatoms. The largest absolute Gasteiger partial charge is 0.469 e. The molecule has 1 aromatic carbocycles. The van der Waals surface area contributed by atoms with Crippen molar-refractivity contribution in [3.05, 3.63) is 29.8 Å². The lowest BCUT2D eigenvalue weighted by atomic mass is 10.1. The van der Waals surface area contributed by atoms with Crippen LogP contribution in [0.1, 0.15) is 16.8 Å². The van der Waals surface area contributed by atoms with Crippen LogP contribution in [0.3, 0.4) is 0 Å². The molecule has 1 amide bonds. The quantitative estimate of drug-likeness (QED) is 0.468. The maximum absolute atomic E-state index is 11.6. The van der Waals surface area contributed by atoms with Crippen LogP contribution in [-0.2, 0) is 9.53 Å². The molecule has 0 fully saturated rings. The predicted octanol–water partition coefficient (Wildman–Crippen LogP) is 1.49. The first-order valence-electron chi connectivity index (χ1n) is 5.53. The first-order valence-corrected chi connectivity index (χ1v) is 5.53. The second-order valence-corrected chi connectivity index (χ2v) is 3.96. The van der Waals surface area contributed by atoms with Gasteiger partial charge in [0.15, 0.2) is 5.78 Å². The third kappa shape index (κ3) is 4.42. The summed E-state index contributed by atoms with van der Waals surface area (Å²) in [5, 5.41) is 0. The van der Waals surface area contributed by atoms with Gasteiger partial charge in [-0.1, -0.05) is 0 Å². The van der Waals surface area contributed by atoms with Crippen LogP contribution in [0, 0.1) is 0 Å². The highest BCUT2D eigenvalue weighted by molar-refractivity contribution is 6.05. The topological polar surface area (TPSA) is 72.9 Å². The van der Waals surface area contributed by atoms with Crippen LogP contribution in [0.15, 0.2) is 24.3 Å². The van der Waals surface area contributed by atoms with Crippen molar-refractivity contribution < 1.29 is 23.9 Å². The third-order valence-electron chi connectivity index (χ3n) is 2.28. The average molecular weight is 265 g/mol. The molecule has 0 saturated heterocycles. The highest BCUT2D eigenvalue weighted by atomic mass is 16.6. The monoisotopic (exact) mass is 265 g/mol. The maximum Gasteiger partial charge on any atom is 0.414 e. The Labute approximate surface area is 110 Å². The molecule has 102 valence electrons. The number of benzene rings is 1. The Hall–Kier alpha value is -2.37. The second-order valence-electron chi connectivity index (χ2n) is 3.96. The van der Waals surface area contributed by atoms with Gasteiger partial charge in [-0.05, 0) is 24.3 Å². The summed E-state index contributed by atoms with van der Waals surface area (Å²) in [6, 6.07) is 5.96. The minimum Gasteiger partial charge on any atom is -0.469 e. The molecule has 0 N–H and O–H groups in total. The van der Waals surface area contributed by atoms with E-state index in [2.05, 4.69) is 4.74 Å². The molecule has 0 saturated carbocycles. The molecule has 0 radical (unpaired) electrons. The summed E-state index contributed by atoms with van der Waals surface area (Å²) in [5.74, 6) is -0.612. The molecular formula is C13H15NO5. The van der Waals surface area contributed by atoms with Crippen LogP contribution in [0.2, 0.25) is 0 Å². The summed E-state index contributed by atoms with van der Waals surface area (Å²) in [7, 11) is 4.35. The number of amides is 1. The number of carbonyl (C=O) groups excluding carboxylic acids is 3. The number of nitrogens with zero attached hydrogens (tertiary/aromatic N) is 1. The first-order chi connectivity index (χ1) is 8.93. The number of hydrogen-bond acceptors (Lipinski definition) is 5. The summed E-state index contributed by atoms with van der Waals surface area (Å²) in [4.78, 5) is 35.2. The number of carbonyl (C=O) groups is 3. The number of Topliss-reactive ketones (excluding diaryl/α,β-unsaturated/α-hetero) is 1. The molecule has 0 unspecified atom stereocenters. The van der Waals surface area contributed by atoms with Gasteiger partial charge in [-0.3, -0.25) is 9.59 Å². The predicted molar refractivity (Wildman–Crippen MR) is 67.1 cm³/mol. The Morgan fingerprint density at radius 2 is 1.68 bits per heavy atom. The summed E-state index contributed by atoms with van der Waals surface area (Å²) in [6.07, 6.45) is -0.818. The number of esters is 1. The van der Waals surface area contributed by atoms with Gasteiger partial charge in [-0.25, -0.2) is 4.79 Å². The lowest BCUT2D eigenvalue weighted by Gasteiger charge is -2.10. The average Bonchev–Trinajstić information content (AvgIpc) is 2.39. The molecule has 0 aliphatic heterocycles. The van der Waals surface area contributed by atoms with E-state index in [4.69, 9.17) is 4.74 Å². The second kappa shape index (κ2) is 6.53. The van der Waals surface area contributed by atoms with Gasteiger partial charge < -0.3 is 14.4 Å². The van der Waals surface area contributed by atoms with Crippen molar-refractivity contribution in [2.45, 2.75) is 6.42 Å². The van der Waals surface area contributed by atoms with Crippen molar-refractivity contribution in [3.8, 4) is 5.75 Å². The third-order valence-corrected chi connectivity index (χ3v) is 2.28. The Bertz CT molecular complexity index is 478. The van der Waals surface area contributed by atoms with Gasteiger partial charge >= 0.3 is 12.1 Å². The lowest BCUT2D eigenvalue weighted by Crippen LogP contribution is -2.25. The van der Waals surface area contributed by atoms with E-state index >= 15 is 0 Å². The SMILES string of the molecule is COC(=O)CC(=O)c1ccc(OC(=O)N(C)C)cc1. The van der Waals surface area contributed by atoms with E-state index in [1.165, 1.54) is 36.3 Å². The smallest absolute Gasteiger partial charge is 0.414 e. The normalized spacial score (nSPS) is 9.63. The highest BCUT2D eigenvalue weighted by Crippen LogP contribution is 2.14. The number of methoxy groups -OCH3 is 1. The van der Waals surface area contributed by atoms with E-state index in [1.54, 1.807) is 14.1 Å². The zero-order valence-corrected chi connectivity index (χ0v) is 11.0. The summed E-state index contributed by atoms with van der Waals surface area (Å²) in [6.45, 7) is 0. The van der Waals surface area contributed by atoms with Gasteiger partial charge in [-0.15, -0.1) is 0 Å². The van der Waals surface area contributed by atoms with Crippen LogP contribution in [0.4, 0.5) is 4.79 Å². The van der Waals surface area contributed by atoms with E-state index in [0.717, 1.165) is 0 Å². The number of rotatable bonds is 4. The van der Waals surface area contributed by atoms with Crippen molar-refractivity contribution in [1.82, 2.24) is 4.90 Å². The molecule has 0 aliphatic rings. The first kappa shape index (κ1) is 14.7. The van der Waals surface area contributed by atoms with E-state index in [1.807, 2.05) is 0 Å². The zero-order chi connectivity index (χ0) is 14.4. The fourth-order valence-corrected chi connectivity index (χ4v) is 1.21. The van der Waals surface area contributed by atoms with Crippen LogP contribution < -0.4 is 4.74 Å². The van der Waals surface area contributed by atoms with Crippen LogP contribution in [0.5, 0.6) is 5.75 Å². The fraction of sp³-hybridized carbons (Fsp3) is 0.308. The summed E-state index contributed by atoms with van der Waals surface area (Å²) < 4.78 is 9.41. The highest BCUT2D eigenvalue weighted by Gasteiger charge is 2.12. The number of ether oxygens (including phenoxy) is 2. The van der Waals surface area contributed by atoms with Crippen molar-refractivity contribution in [3.63, 3.8) is 0 Å². The fourth-order valence-electron chi connectivity index (χ4n) is 1.21. The molecule has 19 heavy (non-hydrogen) atoms. The number of hydrogen-bond donors (Lipinski definition) is 0. The molecule has 1 aromatic rings. The van der Waals surface area contributed by atoms with E-state index in [0.29, 0.717) is 11.3 Å². The molecule has 0 heterocycles. The van der Waals surface area contributed by atoms with Gasteiger partial charge in [-0.2, -0.15) is 0 Å². The van der Waals surface area contributed by atoms with Crippen molar-refractivity contribution in [2.24, 2.45) is 0 Å². The molecule has 0 aliphatic carbocycles. The molecule has 0 atom stereocenters. The zero-order valence-electron chi connectivity index (χ0n) is 11.0. The molecule has 0 bridgehead atoms. The van der Waals surface area contributed by atoms with Crippen molar-refractivity contribution >= 4 is 17.8 Å². The van der Waals surface area contributed by atoms with Crippen molar-refractivity contribution in [1.29, 1.82) is 0 Å². The Morgan fingerprint density at radius 1 is 1.11 bits per heavy atom. The van der Waals surface area contributed by atoms with Gasteiger partial charge in [0.25, 0.3) is 0 Å². The minimum absolute atomic E-state index is 0.312. The summed E-state index contributed by atoms with van der Waals surface area (Å²) >= 11 is 0. The molecule has 0 aromatic heterocycles. The molecule has 6 nitrogen and oxygen atoms in total. The Kier molecular flexibility index (Phi) is 5.05.